The lowest BCUT2D eigenvalue weighted by Crippen LogP contribution is -2.30. The van der Waals surface area contributed by atoms with Gasteiger partial charge in [-0.2, -0.15) is 4.98 Å². The van der Waals surface area contributed by atoms with Crippen LogP contribution >= 0.6 is 15.9 Å². The Balaban J connectivity index is 3.18. The van der Waals surface area contributed by atoms with Gasteiger partial charge < -0.3 is 5.73 Å². The minimum Gasteiger partial charge on any atom is -0.330 e. The van der Waals surface area contributed by atoms with Crippen molar-refractivity contribution < 1.29 is 0 Å². The molecule has 84 valence electrons. The van der Waals surface area contributed by atoms with Crippen LogP contribution in [0.25, 0.3) is 0 Å². The monoisotopic (exact) mass is 273 g/mol. The lowest BCUT2D eigenvalue weighted by Gasteiger charge is -2.15. The predicted octanol–water partition coefficient (Wildman–Crippen LogP) is 1.22. The van der Waals surface area contributed by atoms with Crippen LogP contribution < -0.4 is 11.4 Å². The molecule has 0 aliphatic carbocycles. The van der Waals surface area contributed by atoms with Crippen LogP contribution in [0.2, 0.25) is 0 Å². The number of nitrogens with two attached hydrogens (primary N) is 1. The molecule has 0 aliphatic heterocycles. The summed E-state index contributed by atoms with van der Waals surface area (Å²) in [5.74, 6) is 0.276. The van der Waals surface area contributed by atoms with Gasteiger partial charge in [0.15, 0.2) is 0 Å². The number of nitrogens with zero attached hydrogens (tertiary/aromatic N) is 2. The van der Waals surface area contributed by atoms with Crippen molar-refractivity contribution in [1.29, 1.82) is 0 Å². The van der Waals surface area contributed by atoms with Crippen molar-refractivity contribution in [3.63, 3.8) is 0 Å². The largest absolute Gasteiger partial charge is 0.348 e. The maximum absolute atomic E-state index is 11.7. The third-order valence-electron chi connectivity index (χ3n) is 2.43. The molecule has 0 aromatic carbocycles. The topological polar surface area (TPSA) is 60.9 Å². The van der Waals surface area contributed by atoms with E-state index in [0.29, 0.717) is 13.1 Å². The molecule has 5 heteroatoms. The van der Waals surface area contributed by atoms with Gasteiger partial charge >= 0.3 is 5.69 Å². The molecule has 15 heavy (non-hydrogen) atoms. The van der Waals surface area contributed by atoms with Crippen LogP contribution in [0.3, 0.4) is 0 Å². The third kappa shape index (κ3) is 2.66. The van der Waals surface area contributed by atoms with Gasteiger partial charge in [-0.05, 0) is 42.2 Å². The van der Waals surface area contributed by atoms with E-state index in [9.17, 15) is 4.79 Å². The zero-order valence-electron chi connectivity index (χ0n) is 9.25. The lowest BCUT2D eigenvalue weighted by molar-refractivity contribution is 0.466. The number of rotatable bonds is 3. The second-order valence-corrected chi connectivity index (χ2v) is 4.62. The summed E-state index contributed by atoms with van der Waals surface area (Å²) in [7, 11) is 0. The molecule has 4 nitrogen and oxygen atoms in total. The van der Waals surface area contributed by atoms with E-state index in [0.717, 1.165) is 15.9 Å². The van der Waals surface area contributed by atoms with Crippen molar-refractivity contribution in [2.45, 2.75) is 27.3 Å². The van der Waals surface area contributed by atoms with Gasteiger partial charge in [0.25, 0.3) is 0 Å². The summed E-state index contributed by atoms with van der Waals surface area (Å²) < 4.78 is 2.56. The van der Waals surface area contributed by atoms with E-state index in [1.807, 2.05) is 20.8 Å². The van der Waals surface area contributed by atoms with E-state index in [1.165, 1.54) is 0 Å². The summed E-state index contributed by atoms with van der Waals surface area (Å²) in [4.78, 5) is 15.6. The SMILES string of the molecule is Cc1nc(=O)n(CC(C)CN)c(C)c1Br. The highest BCUT2D eigenvalue weighted by Gasteiger charge is 2.10. The Labute approximate surface area is 97.6 Å². The fraction of sp³-hybridized carbons (Fsp3) is 0.600. The van der Waals surface area contributed by atoms with Crippen LogP contribution in [0.15, 0.2) is 9.27 Å². The predicted molar refractivity (Wildman–Crippen MR) is 63.9 cm³/mol. The molecular formula is C10H16BrN3O. The van der Waals surface area contributed by atoms with Gasteiger partial charge in [-0.15, -0.1) is 0 Å². The first-order valence-electron chi connectivity index (χ1n) is 4.91. The molecule has 1 aromatic rings. The maximum Gasteiger partial charge on any atom is 0.348 e. The second-order valence-electron chi connectivity index (χ2n) is 3.83. The summed E-state index contributed by atoms with van der Waals surface area (Å²) in [5, 5.41) is 0. The molecule has 1 unspecified atom stereocenters. The normalized spacial score (nSPS) is 12.9. The Morgan fingerprint density at radius 1 is 1.53 bits per heavy atom. The zero-order chi connectivity index (χ0) is 11.6. The van der Waals surface area contributed by atoms with Crippen LogP contribution in [-0.2, 0) is 6.54 Å². The molecular weight excluding hydrogens is 258 g/mol. The highest BCUT2D eigenvalue weighted by molar-refractivity contribution is 9.10. The minimum absolute atomic E-state index is 0.200. The highest BCUT2D eigenvalue weighted by Crippen LogP contribution is 2.17. The Morgan fingerprint density at radius 2 is 2.13 bits per heavy atom. The first-order chi connectivity index (χ1) is 6.97. The van der Waals surface area contributed by atoms with E-state index in [-0.39, 0.29) is 11.6 Å². The van der Waals surface area contributed by atoms with Gasteiger partial charge in [-0.3, -0.25) is 4.57 Å². The molecule has 0 bridgehead atoms. The Kier molecular flexibility index (Phi) is 4.04. The Hall–Kier alpha value is -0.680. The first-order valence-corrected chi connectivity index (χ1v) is 5.70. The van der Waals surface area contributed by atoms with Gasteiger partial charge in [0.1, 0.15) is 0 Å². The molecule has 0 spiro atoms. The van der Waals surface area contributed by atoms with Gasteiger partial charge in [-0.1, -0.05) is 6.92 Å². The summed E-state index contributed by atoms with van der Waals surface area (Å²) in [6.07, 6.45) is 0. The first kappa shape index (κ1) is 12.4. The summed E-state index contributed by atoms with van der Waals surface area (Å²) in [6.45, 7) is 6.92. The minimum atomic E-state index is -0.200. The molecule has 1 aromatic heterocycles. The van der Waals surface area contributed by atoms with Crippen LogP contribution in [-0.4, -0.2) is 16.1 Å². The number of halogens is 1. The molecule has 0 fully saturated rings. The number of hydrogen-bond donors (Lipinski definition) is 1. The van der Waals surface area contributed by atoms with Gasteiger partial charge in [0.05, 0.1) is 10.2 Å². The molecule has 1 atom stereocenters. The summed E-state index contributed by atoms with van der Waals surface area (Å²) in [5.41, 5.74) is 6.98. The average Bonchev–Trinajstić information content (AvgIpc) is 2.21. The molecule has 0 aliphatic rings. The van der Waals surface area contributed by atoms with Crippen molar-refractivity contribution in [1.82, 2.24) is 9.55 Å². The molecule has 0 saturated carbocycles. The van der Waals surface area contributed by atoms with E-state index in [4.69, 9.17) is 5.73 Å². The fourth-order valence-electron chi connectivity index (χ4n) is 1.38. The van der Waals surface area contributed by atoms with E-state index in [1.54, 1.807) is 4.57 Å². The Morgan fingerprint density at radius 3 is 2.67 bits per heavy atom. The zero-order valence-corrected chi connectivity index (χ0v) is 10.8. The highest BCUT2D eigenvalue weighted by atomic mass is 79.9. The van der Waals surface area contributed by atoms with E-state index < -0.39 is 0 Å². The third-order valence-corrected chi connectivity index (χ3v) is 3.58. The molecule has 0 saturated heterocycles. The van der Waals surface area contributed by atoms with Gasteiger partial charge in [0, 0.05) is 12.2 Å². The lowest BCUT2D eigenvalue weighted by atomic mass is 10.2. The van der Waals surface area contributed by atoms with Crippen molar-refractivity contribution in [3.05, 3.63) is 26.3 Å². The molecule has 0 radical (unpaired) electrons. The van der Waals surface area contributed by atoms with Crippen molar-refractivity contribution in [2.75, 3.05) is 6.54 Å². The Bertz CT molecular complexity index is 414. The smallest absolute Gasteiger partial charge is 0.330 e. The van der Waals surface area contributed by atoms with Crippen LogP contribution in [0, 0.1) is 19.8 Å². The van der Waals surface area contributed by atoms with Gasteiger partial charge in [-0.25, -0.2) is 4.79 Å². The number of hydrogen-bond acceptors (Lipinski definition) is 3. The number of aromatic nitrogens is 2. The van der Waals surface area contributed by atoms with Crippen LogP contribution in [0.1, 0.15) is 18.3 Å². The van der Waals surface area contributed by atoms with E-state index >= 15 is 0 Å². The summed E-state index contributed by atoms with van der Waals surface area (Å²) in [6, 6.07) is 0. The maximum atomic E-state index is 11.7. The second kappa shape index (κ2) is 4.90. The molecule has 1 heterocycles. The van der Waals surface area contributed by atoms with Crippen molar-refractivity contribution in [2.24, 2.45) is 11.7 Å². The number of aryl methyl sites for hydroxylation is 1. The fourth-order valence-corrected chi connectivity index (χ4v) is 1.68. The van der Waals surface area contributed by atoms with Crippen molar-refractivity contribution in [3.8, 4) is 0 Å². The van der Waals surface area contributed by atoms with Crippen LogP contribution in [0.5, 0.6) is 0 Å². The van der Waals surface area contributed by atoms with Crippen molar-refractivity contribution >= 4 is 15.9 Å². The molecule has 1 rings (SSSR count). The summed E-state index contributed by atoms with van der Waals surface area (Å²) >= 11 is 3.42. The van der Waals surface area contributed by atoms with Crippen LogP contribution in [0.4, 0.5) is 0 Å². The molecule has 2 N–H and O–H groups in total. The quantitative estimate of drug-likeness (QED) is 0.901. The molecule has 0 amide bonds. The van der Waals surface area contributed by atoms with E-state index in [2.05, 4.69) is 20.9 Å². The average molecular weight is 274 g/mol. The van der Waals surface area contributed by atoms with Gasteiger partial charge in [0.2, 0.25) is 0 Å². The standard InChI is InChI=1S/C10H16BrN3O/c1-6(4-12)5-14-8(3)9(11)7(2)13-10(14)15/h6H,4-5,12H2,1-3H3.